The van der Waals surface area contributed by atoms with E-state index in [1.807, 2.05) is 6.08 Å². The standard InChI is InChI=1S/C13H24/c1-5-9-11-13(8-4)12(7-3)10-6-2/h6H,2,5,7-11H2,1,3-4H3/b13-12+. The van der Waals surface area contributed by atoms with Gasteiger partial charge in [-0.2, -0.15) is 0 Å². The molecule has 0 atom stereocenters. The molecule has 0 aliphatic carbocycles. The Morgan fingerprint density at radius 2 is 1.69 bits per heavy atom. The maximum absolute atomic E-state index is 3.81. The van der Waals surface area contributed by atoms with E-state index in [0.717, 1.165) is 6.42 Å². The van der Waals surface area contributed by atoms with E-state index >= 15 is 0 Å². The predicted octanol–water partition coefficient (Wildman–Crippen LogP) is 4.87. The van der Waals surface area contributed by atoms with Crippen LogP contribution in [0.1, 0.15) is 59.3 Å². The predicted molar refractivity (Wildman–Crippen MR) is 61.9 cm³/mol. The summed E-state index contributed by atoms with van der Waals surface area (Å²) in [6.07, 6.45) is 9.46. The van der Waals surface area contributed by atoms with Crippen molar-refractivity contribution >= 4 is 0 Å². The van der Waals surface area contributed by atoms with E-state index in [1.54, 1.807) is 11.1 Å². The summed E-state index contributed by atoms with van der Waals surface area (Å²) in [5.41, 5.74) is 3.29. The normalized spacial score (nSPS) is 12.5. The molecule has 0 aromatic carbocycles. The van der Waals surface area contributed by atoms with Gasteiger partial charge in [-0.15, -0.1) is 6.58 Å². The molecule has 0 aliphatic heterocycles. The number of hydrogen-bond acceptors (Lipinski definition) is 0. The van der Waals surface area contributed by atoms with Crippen LogP contribution in [-0.2, 0) is 0 Å². The van der Waals surface area contributed by atoms with Crippen molar-refractivity contribution in [2.45, 2.75) is 59.3 Å². The van der Waals surface area contributed by atoms with Gasteiger partial charge < -0.3 is 0 Å². The Morgan fingerprint density at radius 3 is 2.08 bits per heavy atom. The Bertz CT molecular complexity index is 163. The molecule has 0 bridgehead atoms. The van der Waals surface area contributed by atoms with Crippen LogP contribution in [0, 0.1) is 0 Å². The second kappa shape index (κ2) is 8.10. The molecule has 0 spiro atoms. The lowest BCUT2D eigenvalue weighted by molar-refractivity contribution is 0.747. The average molecular weight is 180 g/mol. The first-order chi connectivity index (χ1) is 6.29. The highest BCUT2D eigenvalue weighted by molar-refractivity contribution is 5.16. The molecule has 0 aromatic rings. The lowest BCUT2D eigenvalue weighted by Gasteiger charge is -2.10. The third kappa shape index (κ3) is 4.92. The zero-order valence-corrected chi connectivity index (χ0v) is 9.53. The fraction of sp³-hybridized carbons (Fsp3) is 0.692. The summed E-state index contributed by atoms with van der Waals surface area (Å²) in [6.45, 7) is 10.6. The molecule has 0 aromatic heterocycles. The molecule has 0 unspecified atom stereocenters. The minimum atomic E-state index is 1.09. The third-order valence-electron chi connectivity index (χ3n) is 2.58. The molecule has 76 valence electrons. The summed E-state index contributed by atoms with van der Waals surface area (Å²) >= 11 is 0. The van der Waals surface area contributed by atoms with Gasteiger partial charge in [0.1, 0.15) is 0 Å². The quantitative estimate of drug-likeness (QED) is 0.490. The topological polar surface area (TPSA) is 0 Å². The summed E-state index contributed by atoms with van der Waals surface area (Å²) in [4.78, 5) is 0. The Hall–Kier alpha value is -0.520. The van der Waals surface area contributed by atoms with Crippen molar-refractivity contribution in [2.75, 3.05) is 0 Å². The lowest BCUT2D eigenvalue weighted by atomic mass is 9.96. The second-order valence-corrected chi connectivity index (χ2v) is 3.51. The number of unbranched alkanes of at least 4 members (excludes halogenated alkanes) is 1. The molecule has 0 N–H and O–H groups in total. The van der Waals surface area contributed by atoms with Gasteiger partial charge in [0.05, 0.1) is 0 Å². The molecule has 13 heavy (non-hydrogen) atoms. The van der Waals surface area contributed by atoms with Crippen LogP contribution in [0.2, 0.25) is 0 Å². The first-order valence-electron chi connectivity index (χ1n) is 5.60. The Morgan fingerprint density at radius 1 is 1.08 bits per heavy atom. The number of allylic oxidation sites excluding steroid dienone is 3. The van der Waals surface area contributed by atoms with E-state index in [9.17, 15) is 0 Å². The summed E-state index contributed by atoms with van der Waals surface area (Å²) in [7, 11) is 0. The Balaban J connectivity index is 4.31. The van der Waals surface area contributed by atoms with Crippen molar-refractivity contribution in [1.82, 2.24) is 0 Å². The van der Waals surface area contributed by atoms with Gasteiger partial charge in [0.2, 0.25) is 0 Å². The molecular weight excluding hydrogens is 156 g/mol. The van der Waals surface area contributed by atoms with Crippen molar-refractivity contribution in [1.29, 1.82) is 0 Å². The molecule has 0 amide bonds. The molecule has 0 saturated heterocycles. The molecule has 0 nitrogen and oxygen atoms in total. The van der Waals surface area contributed by atoms with Gasteiger partial charge in [-0.3, -0.25) is 0 Å². The van der Waals surface area contributed by atoms with Gasteiger partial charge in [-0.25, -0.2) is 0 Å². The van der Waals surface area contributed by atoms with E-state index in [2.05, 4.69) is 27.4 Å². The number of hydrogen-bond donors (Lipinski definition) is 0. The first-order valence-corrected chi connectivity index (χ1v) is 5.60. The fourth-order valence-electron chi connectivity index (χ4n) is 1.71. The van der Waals surface area contributed by atoms with Crippen LogP contribution in [0.15, 0.2) is 23.8 Å². The van der Waals surface area contributed by atoms with Crippen LogP contribution >= 0.6 is 0 Å². The van der Waals surface area contributed by atoms with Crippen LogP contribution in [0.3, 0.4) is 0 Å². The molecule has 0 saturated carbocycles. The fourth-order valence-corrected chi connectivity index (χ4v) is 1.71. The highest BCUT2D eigenvalue weighted by Gasteiger charge is 2.01. The van der Waals surface area contributed by atoms with Gasteiger partial charge in [-0.1, -0.05) is 44.4 Å². The molecule has 0 aliphatic rings. The van der Waals surface area contributed by atoms with E-state index in [1.165, 1.54) is 32.1 Å². The van der Waals surface area contributed by atoms with Crippen molar-refractivity contribution in [3.8, 4) is 0 Å². The van der Waals surface area contributed by atoms with Gasteiger partial charge in [0.15, 0.2) is 0 Å². The monoisotopic (exact) mass is 180 g/mol. The zero-order chi connectivity index (χ0) is 10.1. The Labute approximate surface area is 83.7 Å². The summed E-state index contributed by atoms with van der Waals surface area (Å²) < 4.78 is 0. The average Bonchev–Trinajstić information content (AvgIpc) is 2.17. The molecule has 0 radical (unpaired) electrons. The molecule has 0 heteroatoms. The summed E-state index contributed by atoms with van der Waals surface area (Å²) in [5, 5.41) is 0. The second-order valence-electron chi connectivity index (χ2n) is 3.51. The third-order valence-corrected chi connectivity index (χ3v) is 2.58. The first kappa shape index (κ1) is 12.5. The van der Waals surface area contributed by atoms with E-state index in [4.69, 9.17) is 0 Å². The largest absolute Gasteiger partial charge is 0.103 e. The SMILES string of the molecule is C=CC/C(CC)=C(\CC)CCCC. The number of rotatable bonds is 7. The van der Waals surface area contributed by atoms with Crippen molar-refractivity contribution in [3.63, 3.8) is 0 Å². The molecule has 0 fully saturated rings. The van der Waals surface area contributed by atoms with E-state index < -0.39 is 0 Å². The summed E-state index contributed by atoms with van der Waals surface area (Å²) in [6, 6.07) is 0. The van der Waals surface area contributed by atoms with Crippen LogP contribution in [0.5, 0.6) is 0 Å². The lowest BCUT2D eigenvalue weighted by Crippen LogP contribution is -1.90. The minimum absolute atomic E-state index is 1.09. The smallest absolute Gasteiger partial charge is 0.0139 e. The van der Waals surface area contributed by atoms with Gasteiger partial charge in [0, 0.05) is 0 Å². The van der Waals surface area contributed by atoms with Crippen molar-refractivity contribution < 1.29 is 0 Å². The maximum atomic E-state index is 3.81. The minimum Gasteiger partial charge on any atom is -0.103 e. The molecular formula is C13H24. The van der Waals surface area contributed by atoms with Crippen molar-refractivity contribution in [3.05, 3.63) is 23.8 Å². The van der Waals surface area contributed by atoms with Gasteiger partial charge in [-0.05, 0) is 32.1 Å². The molecule has 0 rings (SSSR count). The van der Waals surface area contributed by atoms with Gasteiger partial charge >= 0.3 is 0 Å². The van der Waals surface area contributed by atoms with E-state index in [-0.39, 0.29) is 0 Å². The summed E-state index contributed by atoms with van der Waals surface area (Å²) in [5.74, 6) is 0. The maximum Gasteiger partial charge on any atom is -0.0139 e. The van der Waals surface area contributed by atoms with Crippen LogP contribution < -0.4 is 0 Å². The van der Waals surface area contributed by atoms with E-state index in [0.29, 0.717) is 0 Å². The highest BCUT2D eigenvalue weighted by Crippen LogP contribution is 2.21. The Kier molecular flexibility index (Phi) is 7.77. The van der Waals surface area contributed by atoms with Crippen molar-refractivity contribution in [2.24, 2.45) is 0 Å². The van der Waals surface area contributed by atoms with Gasteiger partial charge in [0.25, 0.3) is 0 Å². The zero-order valence-electron chi connectivity index (χ0n) is 9.53. The van der Waals surface area contributed by atoms with Crippen LogP contribution in [0.4, 0.5) is 0 Å². The van der Waals surface area contributed by atoms with Crippen LogP contribution in [0.25, 0.3) is 0 Å². The highest BCUT2D eigenvalue weighted by atomic mass is 14.1. The molecule has 0 heterocycles. The van der Waals surface area contributed by atoms with Crippen LogP contribution in [-0.4, -0.2) is 0 Å².